The highest BCUT2D eigenvalue weighted by atomic mass is 16.6. The van der Waals surface area contributed by atoms with E-state index in [9.17, 15) is 10.1 Å². The molecule has 2 rings (SSSR count). The fraction of sp³-hybridized carbons (Fsp3) is 0.312. The van der Waals surface area contributed by atoms with Crippen LogP contribution >= 0.6 is 0 Å². The standard InChI is InChI=1S/C16H20N6O2/c1-11(2)16-18-14(9-15(19-16)21(3)4)20-17-10-12-5-7-13(8-6-12)22(23)24/h5-11H,1-4H3,(H,18,19,20)/b17-10-. The molecule has 1 aromatic heterocycles. The summed E-state index contributed by atoms with van der Waals surface area (Å²) in [6.07, 6.45) is 1.58. The summed E-state index contributed by atoms with van der Waals surface area (Å²) in [4.78, 5) is 21.0. The molecule has 0 bridgehead atoms. The second-order valence-corrected chi connectivity index (χ2v) is 5.74. The molecule has 0 unspecified atom stereocenters. The van der Waals surface area contributed by atoms with Crippen molar-refractivity contribution in [2.24, 2.45) is 5.10 Å². The largest absolute Gasteiger partial charge is 0.363 e. The van der Waals surface area contributed by atoms with Gasteiger partial charge in [-0.15, -0.1) is 0 Å². The third-order valence-electron chi connectivity index (χ3n) is 3.20. The fourth-order valence-electron chi connectivity index (χ4n) is 1.85. The van der Waals surface area contributed by atoms with Crippen LogP contribution in [-0.2, 0) is 0 Å². The van der Waals surface area contributed by atoms with Gasteiger partial charge in [-0.05, 0) is 17.7 Å². The number of nitro groups is 1. The Kier molecular flexibility index (Phi) is 5.41. The van der Waals surface area contributed by atoms with Crippen molar-refractivity contribution in [3.8, 4) is 0 Å². The lowest BCUT2D eigenvalue weighted by molar-refractivity contribution is -0.384. The lowest BCUT2D eigenvalue weighted by Crippen LogP contribution is -2.13. The molecule has 0 radical (unpaired) electrons. The molecule has 0 fully saturated rings. The zero-order valence-electron chi connectivity index (χ0n) is 14.1. The Hall–Kier alpha value is -3.03. The number of hydrazone groups is 1. The Bertz CT molecular complexity index is 714. The molecule has 0 atom stereocenters. The fourth-order valence-corrected chi connectivity index (χ4v) is 1.85. The third kappa shape index (κ3) is 4.48. The number of anilines is 2. The SMILES string of the molecule is CC(C)c1nc(N/N=C\c2ccc([N+](=O)[O-])cc2)cc(N(C)C)n1. The van der Waals surface area contributed by atoms with Gasteiger partial charge in [0, 0.05) is 38.2 Å². The van der Waals surface area contributed by atoms with Crippen LogP contribution in [0.2, 0.25) is 0 Å². The summed E-state index contributed by atoms with van der Waals surface area (Å²) in [5, 5.41) is 14.8. The van der Waals surface area contributed by atoms with E-state index >= 15 is 0 Å². The summed E-state index contributed by atoms with van der Waals surface area (Å²) >= 11 is 0. The molecule has 2 aromatic rings. The van der Waals surface area contributed by atoms with Crippen LogP contribution in [0.15, 0.2) is 35.4 Å². The number of rotatable bonds is 6. The topological polar surface area (TPSA) is 96.5 Å². The number of nitrogens with one attached hydrogen (secondary N) is 1. The summed E-state index contributed by atoms with van der Waals surface area (Å²) in [5.74, 6) is 2.32. The van der Waals surface area contributed by atoms with E-state index in [0.717, 1.165) is 17.2 Å². The third-order valence-corrected chi connectivity index (χ3v) is 3.20. The van der Waals surface area contributed by atoms with E-state index in [4.69, 9.17) is 0 Å². The number of nitrogens with zero attached hydrogens (tertiary/aromatic N) is 5. The molecule has 0 saturated heterocycles. The Morgan fingerprint density at radius 2 is 1.92 bits per heavy atom. The first-order valence-electron chi connectivity index (χ1n) is 7.46. The minimum atomic E-state index is -0.434. The number of aromatic nitrogens is 2. The van der Waals surface area contributed by atoms with Gasteiger partial charge in [-0.1, -0.05) is 13.8 Å². The normalized spacial score (nSPS) is 11.0. The van der Waals surface area contributed by atoms with Gasteiger partial charge >= 0.3 is 0 Å². The first-order valence-corrected chi connectivity index (χ1v) is 7.46. The molecule has 0 spiro atoms. The molecule has 0 amide bonds. The van der Waals surface area contributed by atoms with Gasteiger partial charge < -0.3 is 4.90 Å². The van der Waals surface area contributed by atoms with Crippen LogP contribution < -0.4 is 10.3 Å². The van der Waals surface area contributed by atoms with Gasteiger partial charge in [0.2, 0.25) is 0 Å². The molecule has 8 heteroatoms. The highest BCUT2D eigenvalue weighted by Gasteiger charge is 2.09. The molecule has 126 valence electrons. The van der Waals surface area contributed by atoms with E-state index < -0.39 is 4.92 Å². The predicted octanol–water partition coefficient (Wildman–Crippen LogP) is 3.02. The smallest absolute Gasteiger partial charge is 0.269 e. The summed E-state index contributed by atoms with van der Waals surface area (Å²) in [6, 6.07) is 7.95. The van der Waals surface area contributed by atoms with Gasteiger partial charge in [-0.25, -0.2) is 9.97 Å². The zero-order chi connectivity index (χ0) is 17.7. The van der Waals surface area contributed by atoms with Crippen LogP contribution in [0.3, 0.4) is 0 Å². The first kappa shape index (κ1) is 17.3. The van der Waals surface area contributed by atoms with Crippen molar-refractivity contribution in [1.29, 1.82) is 0 Å². The van der Waals surface area contributed by atoms with E-state index in [0.29, 0.717) is 5.82 Å². The molecule has 0 aliphatic rings. The quantitative estimate of drug-likeness (QED) is 0.497. The molecule has 1 heterocycles. The van der Waals surface area contributed by atoms with Crippen LogP contribution in [0.25, 0.3) is 0 Å². The summed E-state index contributed by atoms with van der Waals surface area (Å²) in [5.41, 5.74) is 3.68. The number of benzene rings is 1. The number of hydrogen-bond donors (Lipinski definition) is 1. The summed E-state index contributed by atoms with van der Waals surface area (Å²) < 4.78 is 0. The number of non-ortho nitro benzene ring substituents is 1. The molecule has 0 aliphatic heterocycles. The van der Waals surface area contributed by atoms with Gasteiger partial charge in [0.25, 0.3) is 5.69 Å². The highest BCUT2D eigenvalue weighted by Crippen LogP contribution is 2.18. The van der Waals surface area contributed by atoms with Crippen molar-refractivity contribution < 1.29 is 4.92 Å². The first-order chi connectivity index (χ1) is 11.4. The predicted molar refractivity (Wildman–Crippen MR) is 94.8 cm³/mol. The Labute approximate surface area is 140 Å². The van der Waals surface area contributed by atoms with Crippen molar-refractivity contribution in [2.45, 2.75) is 19.8 Å². The van der Waals surface area contributed by atoms with Gasteiger partial charge in [0.1, 0.15) is 11.6 Å². The van der Waals surface area contributed by atoms with Crippen molar-refractivity contribution in [3.05, 3.63) is 51.8 Å². The Morgan fingerprint density at radius 3 is 2.46 bits per heavy atom. The van der Waals surface area contributed by atoms with Crippen molar-refractivity contribution in [2.75, 3.05) is 24.4 Å². The van der Waals surface area contributed by atoms with Gasteiger partial charge in [-0.3, -0.25) is 15.5 Å². The molecular formula is C16H20N6O2. The van der Waals surface area contributed by atoms with Crippen molar-refractivity contribution >= 4 is 23.5 Å². The van der Waals surface area contributed by atoms with Crippen LogP contribution in [0, 0.1) is 10.1 Å². The highest BCUT2D eigenvalue weighted by molar-refractivity contribution is 5.80. The van der Waals surface area contributed by atoms with Crippen LogP contribution in [0.1, 0.15) is 31.2 Å². The Balaban J connectivity index is 2.14. The monoisotopic (exact) mass is 328 g/mol. The number of nitro benzene ring substituents is 1. The molecule has 24 heavy (non-hydrogen) atoms. The van der Waals surface area contributed by atoms with E-state index in [1.165, 1.54) is 12.1 Å². The van der Waals surface area contributed by atoms with Crippen LogP contribution in [0.4, 0.5) is 17.3 Å². The zero-order valence-corrected chi connectivity index (χ0v) is 14.1. The Morgan fingerprint density at radius 1 is 1.25 bits per heavy atom. The van der Waals surface area contributed by atoms with Crippen molar-refractivity contribution in [1.82, 2.24) is 9.97 Å². The molecule has 1 aromatic carbocycles. The molecule has 1 N–H and O–H groups in total. The maximum absolute atomic E-state index is 10.6. The van der Waals surface area contributed by atoms with Gasteiger partial charge in [0.15, 0.2) is 5.82 Å². The second kappa shape index (κ2) is 7.49. The van der Waals surface area contributed by atoms with Gasteiger partial charge in [-0.2, -0.15) is 5.10 Å². The second-order valence-electron chi connectivity index (χ2n) is 5.74. The molecular weight excluding hydrogens is 308 g/mol. The van der Waals surface area contributed by atoms with E-state index in [1.807, 2.05) is 32.8 Å². The van der Waals surface area contributed by atoms with Gasteiger partial charge in [0.05, 0.1) is 11.1 Å². The average Bonchev–Trinajstić information content (AvgIpc) is 2.55. The summed E-state index contributed by atoms with van der Waals surface area (Å²) in [6.45, 7) is 4.05. The maximum Gasteiger partial charge on any atom is 0.269 e. The van der Waals surface area contributed by atoms with Crippen LogP contribution in [0.5, 0.6) is 0 Å². The maximum atomic E-state index is 10.6. The molecule has 0 saturated carbocycles. The number of hydrogen-bond acceptors (Lipinski definition) is 7. The lowest BCUT2D eigenvalue weighted by atomic mass is 10.2. The molecule has 8 nitrogen and oxygen atoms in total. The van der Waals surface area contributed by atoms with E-state index in [1.54, 1.807) is 24.4 Å². The summed E-state index contributed by atoms with van der Waals surface area (Å²) in [7, 11) is 3.83. The lowest BCUT2D eigenvalue weighted by Gasteiger charge is -2.15. The molecule has 0 aliphatic carbocycles. The average molecular weight is 328 g/mol. The minimum Gasteiger partial charge on any atom is -0.363 e. The minimum absolute atomic E-state index is 0.0492. The van der Waals surface area contributed by atoms with E-state index in [-0.39, 0.29) is 11.6 Å². The van der Waals surface area contributed by atoms with Crippen molar-refractivity contribution in [3.63, 3.8) is 0 Å². The van der Waals surface area contributed by atoms with E-state index in [2.05, 4.69) is 20.5 Å². The van der Waals surface area contributed by atoms with Crippen LogP contribution in [-0.4, -0.2) is 35.2 Å².